The third kappa shape index (κ3) is 19.1. The quantitative estimate of drug-likeness (QED) is 0.0582. The van der Waals surface area contributed by atoms with E-state index in [1.807, 2.05) is 0 Å². The van der Waals surface area contributed by atoms with Gasteiger partial charge in [-0.1, -0.05) is 130 Å². The summed E-state index contributed by atoms with van der Waals surface area (Å²) >= 11 is 0. The molecule has 224 valence electrons. The lowest BCUT2D eigenvalue weighted by Gasteiger charge is -2.36. The van der Waals surface area contributed by atoms with Gasteiger partial charge in [-0.15, -0.1) is 0 Å². The Bertz CT molecular complexity index is 523. The molecule has 0 radical (unpaired) electrons. The van der Waals surface area contributed by atoms with Gasteiger partial charge in [-0.05, 0) is 31.0 Å². The molecule has 0 bridgehead atoms. The fourth-order valence-corrected chi connectivity index (χ4v) is 11.6. The maximum atomic E-state index is 12.6. The molecule has 0 aromatic heterocycles. The second kappa shape index (κ2) is 24.1. The van der Waals surface area contributed by atoms with Crippen molar-refractivity contribution in [1.82, 2.24) is 0 Å². The zero-order valence-corrected chi connectivity index (χ0v) is 27.6. The van der Waals surface area contributed by atoms with Gasteiger partial charge in [0.05, 0.1) is 12.3 Å². The lowest BCUT2D eigenvalue weighted by molar-refractivity contribution is 0.0884. The first-order valence-electron chi connectivity index (χ1n) is 15.9. The largest absolute Gasteiger partial charge is 0.414 e. The van der Waals surface area contributed by atoms with E-state index in [0.717, 1.165) is 32.1 Å². The van der Waals surface area contributed by atoms with Crippen LogP contribution in [0.25, 0.3) is 0 Å². The summed E-state index contributed by atoms with van der Waals surface area (Å²) in [4.78, 5) is 0. The highest BCUT2D eigenvalue weighted by Gasteiger charge is 2.36. The number of hydrogen-bond donors (Lipinski definition) is 1. The Labute approximate surface area is 232 Å². The van der Waals surface area contributed by atoms with Gasteiger partial charge >= 0.3 is 7.60 Å². The fraction of sp³-hybridized carbons (Fsp3) is 1.00. The predicted molar refractivity (Wildman–Crippen MR) is 163 cm³/mol. The number of hydrogen-bond acceptors (Lipinski definition) is 5. The van der Waals surface area contributed by atoms with Crippen LogP contribution in [0.1, 0.15) is 143 Å². The molecule has 0 heterocycles. The minimum Gasteiger partial charge on any atom is -0.414 e. The lowest BCUT2D eigenvalue weighted by atomic mass is 10.0. The molecule has 0 aliphatic rings. The van der Waals surface area contributed by atoms with E-state index < -0.39 is 22.0 Å². The van der Waals surface area contributed by atoms with Gasteiger partial charge in [0.25, 0.3) is 0 Å². The predicted octanol–water partition coefficient (Wildman–Crippen LogP) is 10.3. The van der Waals surface area contributed by atoms with Crippen LogP contribution in [0.3, 0.4) is 0 Å². The first kappa shape index (κ1) is 37.3. The lowest BCUT2D eigenvalue weighted by Crippen LogP contribution is -2.42. The van der Waals surface area contributed by atoms with Gasteiger partial charge in [0, 0.05) is 20.3 Å². The molecule has 7 heteroatoms. The smallest absolute Gasteiger partial charge is 0.332 e. The van der Waals surface area contributed by atoms with Gasteiger partial charge in [0.1, 0.15) is 0 Å². The van der Waals surface area contributed by atoms with Gasteiger partial charge < -0.3 is 18.6 Å². The summed E-state index contributed by atoms with van der Waals surface area (Å²) in [6.07, 6.45) is 21.8. The van der Waals surface area contributed by atoms with E-state index >= 15 is 0 Å². The molecule has 5 nitrogen and oxygen atoms in total. The summed E-state index contributed by atoms with van der Waals surface area (Å²) in [5, 5.41) is 10.8. The fourth-order valence-electron chi connectivity index (χ4n) is 5.75. The molecule has 2 atom stereocenters. The van der Waals surface area contributed by atoms with Crippen LogP contribution in [-0.2, 0) is 18.0 Å². The van der Waals surface area contributed by atoms with Crippen molar-refractivity contribution in [3.63, 3.8) is 0 Å². The Morgan fingerprint density at radius 2 is 1.05 bits per heavy atom. The number of rotatable bonds is 28. The van der Waals surface area contributed by atoms with Crippen LogP contribution < -0.4 is 0 Å². The van der Waals surface area contributed by atoms with Crippen molar-refractivity contribution in [1.29, 1.82) is 0 Å². The number of aliphatic hydroxyl groups is 1. The number of aliphatic hydroxyl groups excluding tert-OH is 1. The first-order valence-corrected chi connectivity index (χ1v) is 20.2. The standard InChI is InChI=1S/C30H65O5PSi/c1-7-11-12-13-14-15-16-17-18-19-20-21-22-23-30(27-29(31)28-36(32,33-5)34-6)35-37(24-8-2,25-9-3)26-10-4/h29-31H,7-28H2,1-6H3/t29?,30-/m0/s1. The molecular weight excluding hydrogens is 499 g/mol. The van der Waals surface area contributed by atoms with Crippen LogP contribution in [0.15, 0.2) is 0 Å². The Morgan fingerprint density at radius 3 is 1.43 bits per heavy atom. The zero-order chi connectivity index (χ0) is 27.8. The highest BCUT2D eigenvalue weighted by Crippen LogP contribution is 2.47. The maximum absolute atomic E-state index is 12.6. The SMILES string of the molecule is CCCCCCCCCCCCCCC[C@@H](CC(O)CP(=O)(OC)OC)O[Si](CCC)(CCC)CCC. The Kier molecular flexibility index (Phi) is 24.3. The van der Waals surface area contributed by atoms with Crippen molar-refractivity contribution < 1.29 is 23.1 Å². The molecule has 0 fully saturated rings. The molecule has 1 unspecified atom stereocenters. The normalized spacial score (nSPS) is 14.2. The topological polar surface area (TPSA) is 65.0 Å². The summed E-state index contributed by atoms with van der Waals surface area (Å²) in [6, 6.07) is 3.57. The van der Waals surface area contributed by atoms with Gasteiger partial charge in [-0.25, -0.2) is 0 Å². The van der Waals surface area contributed by atoms with Crippen molar-refractivity contribution in [2.45, 2.75) is 174 Å². The molecule has 37 heavy (non-hydrogen) atoms. The van der Waals surface area contributed by atoms with Crippen LogP contribution in [0.2, 0.25) is 18.1 Å². The molecule has 1 N–H and O–H groups in total. The maximum Gasteiger partial charge on any atom is 0.332 e. The summed E-state index contributed by atoms with van der Waals surface area (Å²) in [6.45, 7) is 9.07. The molecule has 0 saturated heterocycles. The van der Waals surface area contributed by atoms with Crippen molar-refractivity contribution in [3.8, 4) is 0 Å². The molecule has 0 rings (SSSR count). The van der Waals surface area contributed by atoms with E-state index in [4.69, 9.17) is 13.5 Å². The highest BCUT2D eigenvalue weighted by molar-refractivity contribution is 7.53. The zero-order valence-electron chi connectivity index (χ0n) is 25.7. The summed E-state index contributed by atoms with van der Waals surface area (Å²) < 4.78 is 29.8. The van der Waals surface area contributed by atoms with Crippen molar-refractivity contribution >= 4 is 15.9 Å². The highest BCUT2D eigenvalue weighted by atomic mass is 31.2. The van der Waals surface area contributed by atoms with Crippen LogP contribution in [0.4, 0.5) is 0 Å². The van der Waals surface area contributed by atoms with E-state index in [1.54, 1.807) is 0 Å². The molecular formula is C30H65O5PSi. The third-order valence-electron chi connectivity index (χ3n) is 7.69. The average Bonchev–Trinajstić information content (AvgIpc) is 2.87. The molecule has 0 aromatic rings. The second-order valence-electron chi connectivity index (χ2n) is 11.3. The van der Waals surface area contributed by atoms with Gasteiger partial charge in [-0.3, -0.25) is 4.57 Å². The molecule has 0 amide bonds. The minimum atomic E-state index is -3.24. The van der Waals surface area contributed by atoms with E-state index in [-0.39, 0.29) is 12.3 Å². The first-order chi connectivity index (χ1) is 17.8. The van der Waals surface area contributed by atoms with Crippen LogP contribution >= 0.6 is 7.60 Å². The van der Waals surface area contributed by atoms with Gasteiger partial charge in [0.2, 0.25) is 0 Å². The van der Waals surface area contributed by atoms with E-state index in [9.17, 15) is 9.67 Å². The molecule has 0 aromatic carbocycles. The van der Waals surface area contributed by atoms with Crippen molar-refractivity contribution in [2.75, 3.05) is 20.4 Å². The second-order valence-corrected chi connectivity index (χ2v) is 17.7. The summed E-state index contributed by atoms with van der Waals surface area (Å²) in [5.41, 5.74) is 0. The van der Waals surface area contributed by atoms with Crippen LogP contribution in [0, 0.1) is 0 Å². The van der Waals surface area contributed by atoms with Crippen molar-refractivity contribution in [2.24, 2.45) is 0 Å². The van der Waals surface area contributed by atoms with Crippen molar-refractivity contribution in [3.05, 3.63) is 0 Å². The Balaban J connectivity index is 4.69. The molecule has 0 aliphatic carbocycles. The van der Waals surface area contributed by atoms with Gasteiger partial charge in [0.15, 0.2) is 8.32 Å². The Morgan fingerprint density at radius 1 is 0.649 bits per heavy atom. The van der Waals surface area contributed by atoms with Crippen LogP contribution in [0.5, 0.6) is 0 Å². The van der Waals surface area contributed by atoms with E-state index in [2.05, 4.69) is 27.7 Å². The molecule has 0 spiro atoms. The molecule has 0 aliphatic heterocycles. The minimum absolute atomic E-state index is 0.0289. The average molecular weight is 565 g/mol. The Hall–Kier alpha value is 0.287. The van der Waals surface area contributed by atoms with Gasteiger partial charge in [-0.2, -0.15) is 0 Å². The molecule has 0 saturated carbocycles. The summed E-state index contributed by atoms with van der Waals surface area (Å²) in [7, 11) is -2.31. The monoisotopic (exact) mass is 564 g/mol. The third-order valence-corrected chi connectivity index (χ3v) is 14.7. The summed E-state index contributed by atoms with van der Waals surface area (Å²) in [5.74, 6) is 0. The van der Waals surface area contributed by atoms with E-state index in [0.29, 0.717) is 6.42 Å². The van der Waals surface area contributed by atoms with E-state index in [1.165, 1.54) is 109 Å². The number of unbranched alkanes of at least 4 members (excludes halogenated alkanes) is 12. The van der Waals surface area contributed by atoms with Crippen LogP contribution in [-0.4, -0.2) is 46.0 Å².